The zero-order valence-electron chi connectivity index (χ0n) is 18.2. The van der Waals surface area contributed by atoms with Gasteiger partial charge in [-0.2, -0.15) is 0 Å². The predicted molar refractivity (Wildman–Crippen MR) is 117 cm³/mol. The molecule has 0 spiro atoms. The standard InChI is InChI=1S/C25H28O6/c1-14(2)5-6-15-9-16(7-8-19(15)26)20(27)12-21(28)18-10-17-11-24(25(3,4)30)31-23(17)13-22(18)29/h5,7-10,13,24,26,29-30H,6,11-12H2,1-4H3. The Labute approximate surface area is 181 Å². The molecule has 164 valence electrons. The van der Waals surface area contributed by atoms with Crippen molar-refractivity contribution >= 4 is 11.6 Å². The number of ether oxygens (including phenoxy) is 1. The first-order valence-corrected chi connectivity index (χ1v) is 10.2. The van der Waals surface area contributed by atoms with E-state index < -0.39 is 29.7 Å². The molecule has 1 unspecified atom stereocenters. The zero-order chi connectivity index (χ0) is 22.9. The number of phenolic OH excluding ortho intramolecular Hbond substituents is 2. The molecule has 31 heavy (non-hydrogen) atoms. The maximum Gasteiger partial charge on any atom is 0.174 e. The zero-order valence-corrected chi connectivity index (χ0v) is 18.2. The van der Waals surface area contributed by atoms with Gasteiger partial charge in [-0.1, -0.05) is 11.6 Å². The van der Waals surface area contributed by atoms with Gasteiger partial charge < -0.3 is 20.1 Å². The lowest BCUT2D eigenvalue weighted by Crippen LogP contribution is -2.39. The van der Waals surface area contributed by atoms with Crippen LogP contribution in [0.1, 0.15) is 66.0 Å². The molecule has 0 bridgehead atoms. The summed E-state index contributed by atoms with van der Waals surface area (Å²) in [5.74, 6) is -0.638. The summed E-state index contributed by atoms with van der Waals surface area (Å²) in [5.41, 5.74) is 1.71. The minimum Gasteiger partial charge on any atom is -0.508 e. The molecule has 6 nitrogen and oxygen atoms in total. The number of fused-ring (bicyclic) bond motifs is 1. The fourth-order valence-corrected chi connectivity index (χ4v) is 3.47. The van der Waals surface area contributed by atoms with Crippen molar-refractivity contribution in [2.45, 2.75) is 58.7 Å². The molecule has 0 fully saturated rings. The minimum atomic E-state index is -1.07. The minimum absolute atomic E-state index is 0.0515. The van der Waals surface area contributed by atoms with Crippen molar-refractivity contribution < 1.29 is 29.6 Å². The van der Waals surface area contributed by atoms with Crippen molar-refractivity contribution in [3.63, 3.8) is 0 Å². The Balaban J connectivity index is 1.78. The number of ketones is 2. The molecule has 0 amide bonds. The van der Waals surface area contributed by atoms with Gasteiger partial charge in [0.1, 0.15) is 23.4 Å². The number of Topliss-reactive ketones (excluding diaryl/α,β-unsaturated/α-hetero) is 2. The highest BCUT2D eigenvalue weighted by molar-refractivity contribution is 6.14. The molecule has 1 aliphatic rings. The highest BCUT2D eigenvalue weighted by atomic mass is 16.5. The van der Waals surface area contributed by atoms with Crippen LogP contribution in [0.15, 0.2) is 42.0 Å². The molecule has 0 aromatic heterocycles. The number of aliphatic hydroxyl groups is 1. The number of benzene rings is 2. The number of carbonyl (C=O) groups is 2. The molecule has 0 saturated carbocycles. The van der Waals surface area contributed by atoms with Crippen molar-refractivity contribution in [1.29, 1.82) is 0 Å². The van der Waals surface area contributed by atoms with Gasteiger partial charge in [-0.3, -0.25) is 9.59 Å². The van der Waals surface area contributed by atoms with Crippen LogP contribution < -0.4 is 4.74 Å². The van der Waals surface area contributed by atoms with Crippen molar-refractivity contribution in [3.8, 4) is 17.2 Å². The monoisotopic (exact) mass is 424 g/mol. The number of aromatic hydroxyl groups is 2. The molecule has 1 heterocycles. The van der Waals surface area contributed by atoms with Crippen molar-refractivity contribution in [2.75, 3.05) is 0 Å². The third-order valence-corrected chi connectivity index (χ3v) is 5.39. The first-order chi connectivity index (χ1) is 14.5. The van der Waals surface area contributed by atoms with E-state index in [4.69, 9.17) is 4.74 Å². The van der Waals surface area contributed by atoms with Gasteiger partial charge in [0, 0.05) is 18.1 Å². The molecule has 1 aliphatic heterocycles. The molecule has 2 aromatic carbocycles. The molecule has 0 radical (unpaired) electrons. The van der Waals surface area contributed by atoms with Gasteiger partial charge in [0.05, 0.1) is 17.6 Å². The maximum atomic E-state index is 12.8. The van der Waals surface area contributed by atoms with E-state index in [-0.39, 0.29) is 17.1 Å². The molecule has 1 atom stereocenters. The lowest BCUT2D eigenvalue weighted by Gasteiger charge is -2.24. The Hall–Kier alpha value is -3.12. The van der Waals surface area contributed by atoms with E-state index in [0.29, 0.717) is 35.3 Å². The van der Waals surface area contributed by atoms with E-state index >= 15 is 0 Å². The molecular weight excluding hydrogens is 396 g/mol. The lowest BCUT2D eigenvalue weighted by atomic mass is 9.94. The molecule has 0 aliphatic carbocycles. The average molecular weight is 424 g/mol. The van der Waals surface area contributed by atoms with E-state index in [1.165, 1.54) is 24.3 Å². The molecular formula is C25H28O6. The molecule has 2 aromatic rings. The highest BCUT2D eigenvalue weighted by Crippen LogP contribution is 2.38. The second-order valence-corrected chi connectivity index (χ2v) is 8.79. The normalized spacial score (nSPS) is 15.2. The van der Waals surface area contributed by atoms with Crippen LogP contribution in [-0.2, 0) is 12.8 Å². The molecule has 0 saturated heterocycles. The molecule has 6 heteroatoms. The van der Waals surface area contributed by atoms with Gasteiger partial charge >= 0.3 is 0 Å². The summed E-state index contributed by atoms with van der Waals surface area (Å²) in [5, 5.41) is 30.5. The summed E-state index contributed by atoms with van der Waals surface area (Å²) in [6.45, 7) is 7.17. The number of rotatable bonds is 7. The van der Waals surface area contributed by atoms with Crippen LogP contribution in [0.25, 0.3) is 0 Å². The van der Waals surface area contributed by atoms with Crippen LogP contribution in [0.5, 0.6) is 17.2 Å². The van der Waals surface area contributed by atoms with Gasteiger partial charge in [0.15, 0.2) is 11.6 Å². The first-order valence-electron chi connectivity index (χ1n) is 10.2. The van der Waals surface area contributed by atoms with Gasteiger partial charge in [-0.15, -0.1) is 0 Å². The van der Waals surface area contributed by atoms with Crippen LogP contribution in [0, 0.1) is 0 Å². The fraction of sp³-hybridized carbons (Fsp3) is 0.360. The Morgan fingerprint density at radius 2 is 1.81 bits per heavy atom. The second kappa shape index (κ2) is 8.55. The fourth-order valence-electron chi connectivity index (χ4n) is 3.47. The van der Waals surface area contributed by atoms with Crippen LogP contribution in [0.2, 0.25) is 0 Å². The second-order valence-electron chi connectivity index (χ2n) is 8.79. The maximum absolute atomic E-state index is 12.8. The Morgan fingerprint density at radius 1 is 1.10 bits per heavy atom. The third kappa shape index (κ3) is 5.14. The topological polar surface area (TPSA) is 104 Å². The van der Waals surface area contributed by atoms with Gasteiger partial charge in [0.25, 0.3) is 0 Å². The highest BCUT2D eigenvalue weighted by Gasteiger charge is 2.35. The number of allylic oxidation sites excluding steroid dienone is 2. The number of hydrogen-bond donors (Lipinski definition) is 3. The van der Waals surface area contributed by atoms with Crippen LogP contribution in [0.4, 0.5) is 0 Å². The molecule has 3 N–H and O–H groups in total. The average Bonchev–Trinajstić information content (AvgIpc) is 3.09. The molecule has 3 rings (SSSR count). The lowest BCUT2D eigenvalue weighted by molar-refractivity contribution is -0.0230. The third-order valence-electron chi connectivity index (χ3n) is 5.39. The Bertz CT molecular complexity index is 1050. The number of carbonyl (C=O) groups excluding carboxylic acids is 2. The largest absolute Gasteiger partial charge is 0.508 e. The smallest absolute Gasteiger partial charge is 0.174 e. The van der Waals surface area contributed by atoms with E-state index in [1.807, 2.05) is 19.9 Å². The number of phenols is 2. The Kier molecular flexibility index (Phi) is 6.23. The summed E-state index contributed by atoms with van der Waals surface area (Å²) in [6.07, 6.45) is 1.94. The quantitative estimate of drug-likeness (QED) is 0.351. The van der Waals surface area contributed by atoms with E-state index in [9.17, 15) is 24.9 Å². The van der Waals surface area contributed by atoms with Gasteiger partial charge in [-0.25, -0.2) is 0 Å². The predicted octanol–water partition coefficient (Wildman–Crippen LogP) is 4.14. The van der Waals surface area contributed by atoms with Crippen LogP contribution >= 0.6 is 0 Å². The van der Waals surface area contributed by atoms with Gasteiger partial charge in [0.2, 0.25) is 0 Å². The van der Waals surface area contributed by atoms with Gasteiger partial charge in [-0.05, 0) is 69.5 Å². The van der Waals surface area contributed by atoms with Crippen LogP contribution in [-0.4, -0.2) is 38.6 Å². The first kappa shape index (κ1) is 22.6. The van der Waals surface area contributed by atoms with E-state index in [2.05, 4.69) is 0 Å². The van der Waals surface area contributed by atoms with Crippen LogP contribution in [0.3, 0.4) is 0 Å². The van der Waals surface area contributed by atoms with E-state index in [1.54, 1.807) is 19.9 Å². The van der Waals surface area contributed by atoms with E-state index in [0.717, 1.165) is 5.57 Å². The SMILES string of the molecule is CC(C)=CCc1cc(C(=O)CC(=O)c2cc3c(cc2O)OC(C(C)(C)O)C3)ccc1O. The van der Waals surface area contributed by atoms with Crippen molar-refractivity contribution in [2.24, 2.45) is 0 Å². The number of hydrogen-bond acceptors (Lipinski definition) is 6. The Morgan fingerprint density at radius 3 is 2.45 bits per heavy atom. The van der Waals surface area contributed by atoms with Crippen molar-refractivity contribution in [1.82, 2.24) is 0 Å². The summed E-state index contributed by atoms with van der Waals surface area (Å²) in [4.78, 5) is 25.5. The van der Waals surface area contributed by atoms with Crippen molar-refractivity contribution in [3.05, 3.63) is 64.2 Å². The summed E-state index contributed by atoms with van der Waals surface area (Å²) < 4.78 is 5.68. The summed E-state index contributed by atoms with van der Waals surface area (Å²) >= 11 is 0. The summed E-state index contributed by atoms with van der Waals surface area (Å²) in [6, 6.07) is 7.42. The summed E-state index contributed by atoms with van der Waals surface area (Å²) in [7, 11) is 0.